The Balaban J connectivity index is 1.40. The fourth-order valence-electron chi connectivity index (χ4n) is 5.88. The van der Waals surface area contributed by atoms with Crippen LogP contribution in [0.3, 0.4) is 0 Å². The number of amides is 1. The number of hydrogen-bond acceptors (Lipinski definition) is 3. The van der Waals surface area contributed by atoms with Gasteiger partial charge in [-0.25, -0.2) is 13.2 Å². The summed E-state index contributed by atoms with van der Waals surface area (Å²) in [6.07, 6.45) is 0. The minimum Gasteiger partial charge on any atom is -0.370 e. The normalized spacial score (nSPS) is 24.3. The van der Waals surface area contributed by atoms with Gasteiger partial charge in [-0.15, -0.1) is 0 Å². The van der Waals surface area contributed by atoms with Crippen molar-refractivity contribution >= 4 is 17.3 Å². The van der Waals surface area contributed by atoms with E-state index in [9.17, 15) is 18.0 Å². The zero-order valence-corrected chi connectivity index (χ0v) is 20.4. The van der Waals surface area contributed by atoms with E-state index in [2.05, 4.69) is 23.6 Å². The van der Waals surface area contributed by atoms with Crippen molar-refractivity contribution < 1.29 is 18.0 Å². The van der Waals surface area contributed by atoms with Crippen LogP contribution in [0.4, 0.5) is 24.5 Å². The Morgan fingerprint density at radius 1 is 0.750 bits per heavy atom. The molecule has 4 atom stereocenters. The van der Waals surface area contributed by atoms with Gasteiger partial charge in [-0.3, -0.25) is 4.79 Å². The molecule has 5 rings (SSSR count). The van der Waals surface area contributed by atoms with E-state index in [0.29, 0.717) is 31.7 Å². The number of rotatable bonds is 4. The first kappa shape index (κ1) is 24.2. The number of para-hydroxylation sites is 1. The van der Waals surface area contributed by atoms with E-state index >= 15 is 0 Å². The molecule has 7 heteroatoms. The largest absolute Gasteiger partial charge is 0.370 e. The van der Waals surface area contributed by atoms with Crippen LogP contribution in [0.25, 0.3) is 0 Å². The topological polar surface area (TPSA) is 26.8 Å². The molecule has 0 bridgehead atoms. The van der Waals surface area contributed by atoms with Gasteiger partial charge in [0, 0.05) is 61.6 Å². The standard InChI is InChI=1S/C29H30F3N3O/c1-19-15-34(16-20(2)35(19)24-11-8-21(30)9-12-24)29(36)27-18-33(23-6-4-3-5-7-23)17-26(27)25-13-10-22(31)14-28(25)32/h3-14,19-20,26-27H,15-18H2,1-2H3/t19-,20+,26?,27?. The molecule has 2 aliphatic heterocycles. The lowest BCUT2D eigenvalue weighted by Crippen LogP contribution is -2.59. The molecule has 2 unspecified atom stereocenters. The highest BCUT2D eigenvalue weighted by Crippen LogP contribution is 2.38. The summed E-state index contributed by atoms with van der Waals surface area (Å²) in [7, 11) is 0. The lowest BCUT2D eigenvalue weighted by atomic mass is 9.87. The van der Waals surface area contributed by atoms with Gasteiger partial charge >= 0.3 is 0 Å². The molecule has 4 nitrogen and oxygen atoms in total. The van der Waals surface area contributed by atoms with Crippen LogP contribution in [0.2, 0.25) is 0 Å². The molecule has 2 heterocycles. The third-order valence-corrected chi connectivity index (χ3v) is 7.48. The van der Waals surface area contributed by atoms with Crippen molar-refractivity contribution in [2.75, 3.05) is 36.0 Å². The van der Waals surface area contributed by atoms with E-state index in [1.165, 1.54) is 24.3 Å². The van der Waals surface area contributed by atoms with Crippen LogP contribution < -0.4 is 9.80 Å². The third-order valence-electron chi connectivity index (χ3n) is 7.48. The number of anilines is 2. The van der Waals surface area contributed by atoms with Gasteiger partial charge in [0.15, 0.2) is 0 Å². The Morgan fingerprint density at radius 3 is 2.03 bits per heavy atom. The van der Waals surface area contributed by atoms with E-state index < -0.39 is 17.6 Å². The second kappa shape index (κ2) is 9.88. The first-order valence-corrected chi connectivity index (χ1v) is 12.4. The minimum atomic E-state index is -0.628. The third kappa shape index (κ3) is 4.66. The molecule has 0 saturated carbocycles. The Kier molecular flexibility index (Phi) is 6.65. The lowest BCUT2D eigenvalue weighted by Gasteiger charge is -2.46. The molecule has 0 spiro atoms. The van der Waals surface area contributed by atoms with Gasteiger partial charge in [0.25, 0.3) is 0 Å². The van der Waals surface area contributed by atoms with E-state index in [4.69, 9.17) is 0 Å². The van der Waals surface area contributed by atoms with Crippen molar-refractivity contribution in [1.29, 1.82) is 0 Å². The number of hydrogen-bond donors (Lipinski definition) is 0. The summed E-state index contributed by atoms with van der Waals surface area (Å²) in [5, 5.41) is 0. The van der Waals surface area contributed by atoms with Gasteiger partial charge in [0.05, 0.1) is 5.92 Å². The maximum atomic E-state index is 14.9. The van der Waals surface area contributed by atoms with Gasteiger partial charge in [-0.05, 0) is 61.9 Å². The monoisotopic (exact) mass is 493 g/mol. The molecule has 0 aromatic heterocycles. The molecule has 3 aromatic carbocycles. The molecule has 0 radical (unpaired) electrons. The van der Waals surface area contributed by atoms with E-state index in [0.717, 1.165) is 17.4 Å². The van der Waals surface area contributed by atoms with Crippen molar-refractivity contribution in [3.63, 3.8) is 0 Å². The van der Waals surface area contributed by atoms with Crippen molar-refractivity contribution in [2.45, 2.75) is 31.8 Å². The number of nitrogens with zero attached hydrogens (tertiary/aromatic N) is 3. The summed E-state index contributed by atoms with van der Waals surface area (Å²) >= 11 is 0. The first-order chi connectivity index (χ1) is 17.3. The first-order valence-electron chi connectivity index (χ1n) is 12.4. The van der Waals surface area contributed by atoms with Crippen LogP contribution in [-0.4, -0.2) is 49.1 Å². The Labute approximate surface area is 209 Å². The van der Waals surface area contributed by atoms with Crippen LogP contribution >= 0.6 is 0 Å². The number of carbonyl (C=O) groups is 1. The van der Waals surface area contributed by atoms with Crippen LogP contribution in [0.1, 0.15) is 25.3 Å². The zero-order valence-electron chi connectivity index (χ0n) is 20.4. The van der Waals surface area contributed by atoms with Gasteiger partial charge < -0.3 is 14.7 Å². The van der Waals surface area contributed by atoms with E-state index in [1.54, 1.807) is 12.1 Å². The Morgan fingerprint density at radius 2 is 1.39 bits per heavy atom. The molecule has 0 N–H and O–H groups in total. The van der Waals surface area contributed by atoms with Crippen LogP contribution in [0, 0.1) is 23.4 Å². The average Bonchev–Trinajstić information content (AvgIpc) is 3.30. The Bertz CT molecular complexity index is 1210. The van der Waals surface area contributed by atoms with Gasteiger partial charge in [-0.2, -0.15) is 0 Å². The van der Waals surface area contributed by atoms with Crippen molar-refractivity contribution in [2.24, 2.45) is 5.92 Å². The molecule has 0 aliphatic carbocycles. The number of piperazine rings is 1. The molecule has 3 aromatic rings. The van der Waals surface area contributed by atoms with Gasteiger partial charge in [0.2, 0.25) is 5.91 Å². The molecule has 36 heavy (non-hydrogen) atoms. The second-order valence-electron chi connectivity index (χ2n) is 9.94. The Hall–Kier alpha value is -3.48. The van der Waals surface area contributed by atoms with Crippen LogP contribution in [0.5, 0.6) is 0 Å². The SMILES string of the molecule is C[C@@H]1CN(C(=O)C2CN(c3ccccc3)CC2c2ccc(F)cc2F)C[C@H](C)N1c1ccc(F)cc1. The minimum absolute atomic E-state index is 0.0142. The molecule has 2 aliphatic rings. The molecular weight excluding hydrogens is 463 g/mol. The second-order valence-corrected chi connectivity index (χ2v) is 9.94. The summed E-state index contributed by atoms with van der Waals surface area (Å²) in [5.41, 5.74) is 2.27. The summed E-state index contributed by atoms with van der Waals surface area (Å²) in [5.74, 6) is -2.39. The van der Waals surface area contributed by atoms with Gasteiger partial charge in [-0.1, -0.05) is 24.3 Å². The predicted octanol–water partition coefficient (Wildman–Crippen LogP) is 5.45. The highest BCUT2D eigenvalue weighted by atomic mass is 19.1. The highest BCUT2D eigenvalue weighted by molar-refractivity contribution is 5.82. The average molecular weight is 494 g/mol. The van der Waals surface area contributed by atoms with Crippen LogP contribution in [-0.2, 0) is 4.79 Å². The summed E-state index contributed by atoms with van der Waals surface area (Å²) in [6, 6.07) is 19.9. The summed E-state index contributed by atoms with van der Waals surface area (Å²) in [6.45, 7) is 6.08. The smallest absolute Gasteiger partial charge is 0.228 e. The highest BCUT2D eigenvalue weighted by Gasteiger charge is 2.43. The maximum absolute atomic E-state index is 14.9. The number of carbonyl (C=O) groups excluding carboxylic acids is 1. The molecular formula is C29H30F3N3O. The predicted molar refractivity (Wildman–Crippen MR) is 136 cm³/mol. The molecule has 1 amide bonds. The molecule has 2 fully saturated rings. The van der Waals surface area contributed by atoms with Crippen molar-refractivity contribution in [3.8, 4) is 0 Å². The molecule has 188 valence electrons. The van der Waals surface area contributed by atoms with Crippen LogP contribution in [0.15, 0.2) is 72.8 Å². The maximum Gasteiger partial charge on any atom is 0.228 e. The number of benzene rings is 3. The summed E-state index contributed by atoms with van der Waals surface area (Å²) in [4.78, 5) is 20.2. The quantitative estimate of drug-likeness (QED) is 0.484. The fraction of sp³-hybridized carbons (Fsp3) is 0.345. The van der Waals surface area contributed by atoms with Crippen molar-refractivity contribution in [3.05, 3.63) is 95.8 Å². The molecule has 2 saturated heterocycles. The van der Waals surface area contributed by atoms with E-state index in [-0.39, 0.29) is 29.7 Å². The van der Waals surface area contributed by atoms with E-state index in [1.807, 2.05) is 35.2 Å². The zero-order chi connectivity index (χ0) is 25.4. The van der Waals surface area contributed by atoms with Gasteiger partial charge in [0.1, 0.15) is 17.5 Å². The summed E-state index contributed by atoms with van der Waals surface area (Å²) < 4.78 is 42.0. The fourth-order valence-corrected chi connectivity index (χ4v) is 5.88. The lowest BCUT2D eigenvalue weighted by molar-refractivity contribution is -0.136. The van der Waals surface area contributed by atoms with Crippen molar-refractivity contribution in [1.82, 2.24) is 4.90 Å². The number of halogens is 3.